The van der Waals surface area contributed by atoms with Crippen molar-refractivity contribution in [2.75, 3.05) is 6.61 Å². The number of oxime groups is 1. The van der Waals surface area contributed by atoms with Crippen molar-refractivity contribution in [2.45, 2.75) is 143 Å². The van der Waals surface area contributed by atoms with Crippen molar-refractivity contribution in [1.29, 1.82) is 0 Å². The normalized spacial score (nSPS) is 37.5. The largest absolute Gasteiger partial charge is 0.415 e. The first-order valence-electron chi connectivity index (χ1n) is 18.1. The van der Waals surface area contributed by atoms with Crippen molar-refractivity contribution in [1.82, 2.24) is 0 Å². The van der Waals surface area contributed by atoms with E-state index in [0.29, 0.717) is 48.6 Å². The molecule has 4 aliphatic carbocycles. The summed E-state index contributed by atoms with van der Waals surface area (Å²) in [5.74, 6) is 3.18. The predicted octanol–water partition coefficient (Wildman–Crippen LogP) is 10.1. The maximum Gasteiger partial charge on any atom is 0.184 e. The molecule has 0 bridgehead atoms. The Kier molecular flexibility index (Phi) is 10.5. The molecular formula is C37H65NO4Si3. The summed E-state index contributed by atoms with van der Waals surface area (Å²) in [4.78, 5) is 6.12. The molecule has 254 valence electrons. The fourth-order valence-corrected chi connectivity index (χ4v) is 13.2. The van der Waals surface area contributed by atoms with Crippen LogP contribution < -0.4 is 0 Å². The lowest BCUT2D eigenvalue weighted by molar-refractivity contribution is -0.168. The molecule has 9 unspecified atom stereocenters. The van der Waals surface area contributed by atoms with E-state index in [1.807, 2.05) is 0 Å². The lowest BCUT2D eigenvalue weighted by atomic mass is 9.44. The van der Waals surface area contributed by atoms with Gasteiger partial charge in [-0.15, -0.1) is 0 Å². The fraction of sp³-hybridized carbons (Fsp3) is 0.811. The maximum atomic E-state index is 7.34. The van der Waals surface area contributed by atoms with E-state index in [0.717, 1.165) is 29.5 Å². The van der Waals surface area contributed by atoms with E-state index in [9.17, 15) is 0 Å². The second kappa shape index (κ2) is 13.3. The molecule has 4 saturated carbocycles. The Morgan fingerprint density at radius 2 is 1.49 bits per heavy atom. The van der Waals surface area contributed by atoms with Crippen LogP contribution in [-0.4, -0.2) is 49.5 Å². The summed E-state index contributed by atoms with van der Waals surface area (Å²) in [6.45, 7) is 27.4. The highest BCUT2D eigenvalue weighted by atomic mass is 28.4. The van der Waals surface area contributed by atoms with Gasteiger partial charge in [-0.1, -0.05) is 49.3 Å². The molecule has 5 nitrogen and oxygen atoms in total. The number of benzene rings is 1. The van der Waals surface area contributed by atoms with Gasteiger partial charge < -0.3 is 18.1 Å². The first-order valence-corrected chi connectivity index (χ1v) is 28.3. The zero-order valence-corrected chi connectivity index (χ0v) is 33.6. The average Bonchev–Trinajstić information content (AvgIpc) is 3.25. The van der Waals surface area contributed by atoms with Gasteiger partial charge in [0.2, 0.25) is 0 Å². The minimum Gasteiger partial charge on any atom is -0.415 e. The standard InChI is InChI=1S/C37H65NO4Si3/c1-36-22-21-29(41-44(6,7)8)23-28(36)17-18-30-31-19-20-32(37(31,2)24-34(35(30)36)42-45(9,10)11)33(26-40-43(3,4)5)38-39-25-27-15-13-12-14-16-27/h12-16,28-32,34-35H,17-26H2,1-11H3. The highest BCUT2D eigenvalue weighted by Gasteiger charge is 2.64. The summed E-state index contributed by atoms with van der Waals surface area (Å²) in [6, 6.07) is 10.4. The minimum atomic E-state index is -1.77. The maximum absolute atomic E-state index is 7.34. The van der Waals surface area contributed by atoms with Crippen LogP contribution in [0.5, 0.6) is 0 Å². The Balaban J connectivity index is 1.43. The smallest absolute Gasteiger partial charge is 0.184 e. The van der Waals surface area contributed by atoms with Gasteiger partial charge in [-0.2, -0.15) is 0 Å². The molecule has 0 radical (unpaired) electrons. The highest BCUT2D eigenvalue weighted by Crippen LogP contribution is 2.68. The zero-order chi connectivity index (χ0) is 32.8. The lowest BCUT2D eigenvalue weighted by Gasteiger charge is -2.64. The van der Waals surface area contributed by atoms with E-state index in [2.05, 4.69) is 103 Å². The van der Waals surface area contributed by atoms with Crippen LogP contribution in [0.25, 0.3) is 0 Å². The third kappa shape index (κ3) is 8.27. The SMILES string of the molecule is CC12CC(O[Si](C)(C)C)C3C(CCC4CC(O[Si](C)(C)C)CCC43C)C1CCC2C(CO[Si](C)(C)C)=NOCc1ccccc1. The summed E-state index contributed by atoms with van der Waals surface area (Å²) in [5, 5.41) is 4.93. The van der Waals surface area contributed by atoms with Crippen LogP contribution in [0.1, 0.15) is 70.8 Å². The van der Waals surface area contributed by atoms with Crippen LogP contribution in [-0.2, 0) is 24.7 Å². The summed E-state index contributed by atoms with van der Waals surface area (Å²) in [7, 11) is -5.05. The van der Waals surface area contributed by atoms with Gasteiger partial charge in [-0.05, 0) is 150 Å². The zero-order valence-electron chi connectivity index (χ0n) is 30.6. The Bertz CT molecular complexity index is 1170. The molecule has 0 amide bonds. The van der Waals surface area contributed by atoms with E-state index < -0.39 is 25.0 Å². The van der Waals surface area contributed by atoms with Crippen LogP contribution in [0.3, 0.4) is 0 Å². The summed E-state index contributed by atoms with van der Waals surface area (Å²) in [6.07, 6.45) is 10.8. The van der Waals surface area contributed by atoms with E-state index in [-0.39, 0.29) is 5.41 Å². The molecule has 5 rings (SSSR count). The molecule has 0 N–H and O–H groups in total. The van der Waals surface area contributed by atoms with Gasteiger partial charge in [0.05, 0.1) is 12.3 Å². The molecule has 1 aromatic carbocycles. The highest BCUT2D eigenvalue weighted by molar-refractivity contribution is 6.70. The van der Waals surface area contributed by atoms with Crippen LogP contribution in [0.4, 0.5) is 0 Å². The van der Waals surface area contributed by atoms with E-state index in [4.69, 9.17) is 23.3 Å². The van der Waals surface area contributed by atoms with Crippen LogP contribution in [0.15, 0.2) is 35.5 Å². The summed E-state index contributed by atoms with van der Waals surface area (Å²) >= 11 is 0. The minimum absolute atomic E-state index is 0.143. The third-order valence-electron chi connectivity index (χ3n) is 11.9. The molecule has 9 atom stereocenters. The lowest BCUT2D eigenvalue weighted by Crippen LogP contribution is -2.61. The van der Waals surface area contributed by atoms with Gasteiger partial charge in [0, 0.05) is 18.1 Å². The van der Waals surface area contributed by atoms with Crippen LogP contribution >= 0.6 is 0 Å². The van der Waals surface area contributed by atoms with E-state index in [1.165, 1.54) is 44.9 Å². The van der Waals surface area contributed by atoms with Crippen LogP contribution in [0, 0.1) is 40.4 Å². The summed E-state index contributed by atoms with van der Waals surface area (Å²) < 4.78 is 20.6. The Hall–Kier alpha value is -0.779. The fourth-order valence-electron chi connectivity index (χ4n) is 10.3. The van der Waals surface area contributed by atoms with Gasteiger partial charge in [-0.3, -0.25) is 0 Å². The van der Waals surface area contributed by atoms with Gasteiger partial charge in [-0.25, -0.2) is 0 Å². The number of hydrogen-bond donors (Lipinski definition) is 0. The molecule has 1 aromatic rings. The monoisotopic (exact) mass is 671 g/mol. The Morgan fingerprint density at radius 1 is 0.800 bits per heavy atom. The number of nitrogens with zero attached hydrogens (tertiary/aromatic N) is 1. The number of rotatable bonds is 11. The predicted molar refractivity (Wildman–Crippen MR) is 195 cm³/mol. The van der Waals surface area contributed by atoms with Crippen LogP contribution in [0.2, 0.25) is 58.9 Å². The molecule has 4 aliphatic rings. The van der Waals surface area contributed by atoms with Gasteiger partial charge >= 0.3 is 0 Å². The molecule has 0 heterocycles. The molecule has 0 aromatic heterocycles. The molecule has 45 heavy (non-hydrogen) atoms. The topological polar surface area (TPSA) is 49.3 Å². The quantitative estimate of drug-likeness (QED) is 0.133. The first kappa shape index (κ1) is 35.5. The second-order valence-electron chi connectivity index (χ2n) is 18.6. The van der Waals surface area contributed by atoms with Gasteiger partial charge in [0.25, 0.3) is 0 Å². The van der Waals surface area contributed by atoms with Crippen molar-refractivity contribution in [3.05, 3.63) is 35.9 Å². The van der Waals surface area contributed by atoms with Crippen molar-refractivity contribution in [3.63, 3.8) is 0 Å². The summed E-state index contributed by atoms with van der Waals surface area (Å²) in [5.41, 5.74) is 2.77. The van der Waals surface area contributed by atoms with Crippen molar-refractivity contribution in [3.8, 4) is 0 Å². The Labute approximate surface area is 279 Å². The molecule has 0 spiro atoms. The first-order chi connectivity index (χ1) is 20.9. The van der Waals surface area contributed by atoms with Gasteiger partial charge in [0.1, 0.15) is 6.61 Å². The van der Waals surface area contributed by atoms with Gasteiger partial charge in [0.15, 0.2) is 25.0 Å². The van der Waals surface area contributed by atoms with Crippen molar-refractivity contribution >= 4 is 30.7 Å². The number of hydrogen-bond acceptors (Lipinski definition) is 5. The molecule has 0 saturated heterocycles. The Morgan fingerprint density at radius 3 is 2.13 bits per heavy atom. The van der Waals surface area contributed by atoms with Crippen molar-refractivity contribution < 1.29 is 18.1 Å². The second-order valence-corrected chi connectivity index (χ2v) is 32.0. The third-order valence-corrected chi connectivity index (χ3v) is 14.9. The van der Waals surface area contributed by atoms with E-state index in [1.54, 1.807) is 0 Å². The van der Waals surface area contributed by atoms with Crippen molar-refractivity contribution in [2.24, 2.45) is 45.6 Å². The molecule has 4 fully saturated rings. The van der Waals surface area contributed by atoms with E-state index >= 15 is 0 Å². The molecule has 0 aliphatic heterocycles. The molecular weight excluding hydrogens is 607 g/mol. The average molecular weight is 672 g/mol. The molecule has 8 heteroatoms. The number of fused-ring (bicyclic) bond motifs is 5.